The summed E-state index contributed by atoms with van der Waals surface area (Å²) in [5.41, 5.74) is 3.12. The number of benzene rings is 2. The normalized spacial score (nSPS) is 15.6. The first-order chi connectivity index (χ1) is 15.6. The predicted octanol–water partition coefficient (Wildman–Crippen LogP) is 3.72. The number of nitrogens with one attached hydrogen (secondary N) is 2. The van der Waals surface area contributed by atoms with Gasteiger partial charge in [0.2, 0.25) is 11.8 Å². The first-order valence-electron chi connectivity index (χ1n) is 11.6. The summed E-state index contributed by atoms with van der Waals surface area (Å²) in [6.07, 6.45) is 1.99. The molecule has 0 aliphatic carbocycles. The van der Waals surface area contributed by atoms with Gasteiger partial charge in [0, 0.05) is 37.8 Å². The molecular weight excluding hydrogens is 402 g/mol. The number of hydrogen-bond acceptors (Lipinski definition) is 4. The number of morpholine rings is 1. The molecule has 1 fully saturated rings. The maximum absolute atomic E-state index is 13.4. The van der Waals surface area contributed by atoms with Gasteiger partial charge in [-0.25, -0.2) is 0 Å². The number of rotatable bonds is 10. The van der Waals surface area contributed by atoms with Crippen LogP contribution in [0.25, 0.3) is 0 Å². The number of aryl methyl sites for hydroxylation is 1. The lowest BCUT2D eigenvalue weighted by atomic mass is 9.93. The molecule has 2 atom stereocenters. The van der Waals surface area contributed by atoms with Crippen LogP contribution >= 0.6 is 0 Å². The van der Waals surface area contributed by atoms with Crippen molar-refractivity contribution in [1.29, 1.82) is 0 Å². The van der Waals surface area contributed by atoms with Gasteiger partial charge in [0.05, 0.1) is 19.1 Å². The zero-order chi connectivity index (χ0) is 22.8. The standard InChI is InChI=1S/C26H35N3O3/c1-3-7-23(19-27-22-12-10-20(2)11-13-22)28-26(31)24(21-8-5-4-6-9-21)18-25(30)29-14-16-32-17-15-29/h4-6,8-13,23-24,27H,3,7,14-19H2,1-2H3,(H,28,31)/t23-,24-/m0/s1. The molecule has 1 saturated heterocycles. The minimum atomic E-state index is -0.509. The molecule has 3 rings (SSSR count). The van der Waals surface area contributed by atoms with Gasteiger partial charge in [-0.2, -0.15) is 0 Å². The van der Waals surface area contributed by atoms with E-state index in [1.807, 2.05) is 42.5 Å². The molecule has 2 aromatic carbocycles. The van der Waals surface area contributed by atoms with Gasteiger partial charge in [-0.15, -0.1) is 0 Å². The van der Waals surface area contributed by atoms with Crippen molar-refractivity contribution in [3.8, 4) is 0 Å². The third-order valence-electron chi connectivity index (χ3n) is 5.85. The molecule has 1 aliphatic rings. The predicted molar refractivity (Wildman–Crippen MR) is 128 cm³/mol. The van der Waals surface area contributed by atoms with Gasteiger partial charge in [0.25, 0.3) is 0 Å². The van der Waals surface area contributed by atoms with Crippen molar-refractivity contribution < 1.29 is 14.3 Å². The fourth-order valence-corrected chi connectivity index (χ4v) is 3.95. The molecule has 6 nitrogen and oxygen atoms in total. The summed E-state index contributed by atoms with van der Waals surface area (Å²) in [4.78, 5) is 28.1. The van der Waals surface area contributed by atoms with E-state index in [1.165, 1.54) is 5.56 Å². The van der Waals surface area contributed by atoms with Crippen molar-refractivity contribution in [2.75, 3.05) is 38.2 Å². The van der Waals surface area contributed by atoms with Crippen molar-refractivity contribution in [2.45, 2.75) is 45.1 Å². The highest BCUT2D eigenvalue weighted by Crippen LogP contribution is 2.22. The van der Waals surface area contributed by atoms with Crippen LogP contribution in [0.4, 0.5) is 5.69 Å². The SMILES string of the molecule is CCC[C@@H](CNc1ccc(C)cc1)NC(=O)[C@@H](CC(=O)N1CCOCC1)c1ccccc1. The van der Waals surface area contributed by atoms with Crippen molar-refractivity contribution in [3.05, 3.63) is 65.7 Å². The van der Waals surface area contributed by atoms with E-state index in [0.29, 0.717) is 32.8 Å². The van der Waals surface area contributed by atoms with E-state index in [1.54, 1.807) is 4.90 Å². The molecule has 0 bridgehead atoms. The second-order valence-corrected chi connectivity index (χ2v) is 8.40. The third kappa shape index (κ3) is 7.09. The van der Waals surface area contributed by atoms with Crippen molar-refractivity contribution in [2.24, 2.45) is 0 Å². The molecule has 0 radical (unpaired) electrons. The molecule has 172 valence electrons. The van der Waals surface area contributed by atoms with Crippen molar-refractivity contribution >= 4 is 17.5 Å². The summed E-state index contributed by atoms with van der Waals surface area (Å²) in [6.45, 7) is 7.09. The Morgan fingerprint density at radius 2 is 1.72 bits per heavy atom. The van der Waals surface area contributed by atoms with Crippen LogP contribution in [0.2, 0.25) is 0 Å². The lowest BCUT2D eigenvalue weighted by Crippen LogP contribution is -2.45. The van der Waals surface area contributed by atoms with Gasteiger partial charge >= 0.3 is 0 Å². The van der Waals surface area contributed by atoms with E-state index < -0.39 is 5.92 Å². The number of ether oxygens (including phenoxy) is 1. The molecule has 0 aromatic heterocycles. The van der Waals surface area contributed by atoms with Crippen LogP contribution in [0.5, 0.6) is 0 Å². The van der Waals surface area contributed by atoms with Crippen LogP contribution in [0.3, 0.4) is 0 Å². The Balaban J connectivity index is 1.67. The third-order valence-corrected chi connectivity index (χ3v) is 5.85. The molecule has 32 heavy (non-hydrogen) atoms. The van der Waals surface area contributed by atoms with Crippen LogP contribution in [0.15, 0.2) is 54.6 Å². The van der Waals surface area contributed by atoms with E-state index in [9.17, 15) is 9.59 Å². The Bertz CT molecular complexity index is 848. The van der Waals surface area contributed by atoms with Crippen molar-refractivity contribution in [1.82, 2.24) is 10.2 Å². The maximum Gasteiger partial charge on any atom is 0.228 e. The Labute approximate surface area is 191 Å². The number of carbonyl (C=O) groups is 2. The number of nitrogens with zero attached hydrogens (tertiary/aromatic N) is 1. The van der Waals surface area contributed by atoms with Gasteiger partial charge < -0.3 is 20.3 Å². The van der Waals surface area contributed by atoms with E-state index >= 15 is 0 Å². The number of amides is 2. The molecule has 2 amide bonds. The van der Waals surface area contributed by atoms with E-state index in [4.69, 9.17) is 4.74 Å². The Morgan fingerprint density at radius 1 is 1.03 bits per heavy atom. The molecule has 0 saturated carbocycles. The quantitative estimate of drug-likeness (QED) is 0.594. The lowest BCUT2D eigenvalue weighted by Gasteiger charge is -2.29. The van der Waals surface area contributed by atoms with Crippen LogP contribution in [0.1, 0.15) is 43.2 Å². The Morgan fingerprint density at radius 3 is 2.38 bits per heavy atom. The summed E-state index contributed by atoms with van der Waals surface area (Å²) >= 11 is 0. The minimum absolute atomic E-state index is 0.00197. The molecule has 2 aromatic rings. The van der Waals surface area contributed by atoms with Crippen molar-refractivity contribution in [3.63, 3.8) is 0 Å². The average molecular weight is 438 g/mol. The van der Waals surface area contributed by atoms with Gasteiger partial charge in [0.15, 0.2) is 0 Å². The summed E-state index contributed by atoms with van der Waals surface area (Å²) in [7, 11) is 0. The number of hydrogen-bond donors (Lipinski definition) is 2. The topological polar surface area (TPSA) is 70.7 Å². The summed E-state index contributed by atoms with van der Waals surface area (Å²) in [5.74, 6) is -0.602. The lowest BCUT2D eigenvalue weighted by molar-refractivity contribution is -0.138. The molecule has 0 unspecified atom stereocenters. The summed E-state index contributed by atoms with van der Waals surface area (Å²) in [6, 6.07) is 17.8. The highest BCUT2D eigenvalue weighted by Gasteiger charge is 2.28. The van der Waals surface area contributed by atoms with Crippen LogP contribution in [-0.2, 0) is 14.3 Å². The summed E-state index contributed by atoms with van der Waals surface area (Å²) < 4.78 is 5.36. The Kier molecular flexibility index (Phi) is 9.11. The molecule has 0 spiro atoms. The van der Waals surface area contributed by atoms with Gasteiger partial charge in [-0.3, -0.25) is 9.59 Å². The van der Waals surface area contributed by atoms with E-state index in [-0.39, 0.29) is 24.3 Å². The zero-order valence-corrected chi connectivity index (χ0v) is 19.2. The molecule has 2 N–H and O–H groups in total. The van der Waals surface area contributed by atoms with Gasteiger partial charge in [0.1, 0.15) is 0 Å². The van der Waals surface area contributed by atoms with E-state index in [0.717, 1.165) is 24.1 Å². The molecular formula is C26H35N3O3. The minimum Gasteiger partial charge on any atom is -0.383 e. The molecule has 1 aliphatic heterocycles. The van der Waals surface area contributed by atoms with Gasteiger partial charge in [-0.05, 0) is 31.0 Å². The summed E-state index contributed by atoms with van der Waals surface area (Å²) in [5, 5.41) is 6.64. The highest BCUT2D eigenvalue weighted by atomic mass is 16.5. The largest absolute Gasteiger partial charge is 0.383 e. The maximum atomic E-state index is 13.4. The highest BCUT2D eigenvalue weighted by molar-refractivity contribution is 5.90. The fourth-order valence-electron chi connectivity index (χ4n) is 3.95. The monoisotopic (exact) mass is 437 g/mol. The molecule has 6 heteroatoms. The van der Waals surface area contributed by atoms with Gasteiger partial charge in [-0.1, -0.05) is 61.4 Å². The number of anilines is 1. The molecule has 1 heterocycles. The van der Waals surface area contributed by atoms with Crippen LogP contribution in [0, 0.1) is 6.92 Å². The fraction of sp³-hybridized carbons (Fsp3) is 0.462. The Hall–Kier alpha value is -2.86. The first-order valence-corrected chi connectivity index (χ1v) is 11.6. The smallest absolute Gasteiger partial charge is 0.228 e. The van der Waals surface area contributed by atoms with Crippen LogP contribution < -0.4 is 10.6 Å². The van der Waals surface area contributed by atoms with Crippen LogP contribution in [-0.4, -0.2) is 55.6 Å². The second kappa shape index (κ2) is 12.2. The number of carbonyl (C=O) groups excluding carboxylic acids is 2. The first kappa shape index (κ1) is 23.8. The van der Waals surface area contributed by atoms with E-state index in [2.05, 4.69) is 36.6 Å². The second-order valence-electron chi connectivity index (χ2n) is 8.40. The average Bonchev–Trinajstić information content (AvgIpc) is 2.83. The zero-order valence-electron chi connectivity index (χ0n) is 19.2.